The molecule has 0 amide bonds. The van der Waals surface area contributed by atoms with Crippen LogP contribution in [0.1, 0.15) is 78.5 Å². The van der Waals surface area contributed by atoms with Gasteiger partial charge in [-0.15, -0.1) is 0 Å². The van der Waals surface area contributed by atoms with Gasteiger partial charge in [-0.05, 0) is 0 Å². The van der Waals surface area contributed by atoms with E-state index in [4.69, 9.17) is 19.5 Å². The molecule has 9 nitrogen and oxygen atoms in total. The molecule has 6 heterocycles. The van der Waals surface area contributed by atoms with Crippen molar-refractivity contribution in [2.75, 3.05) is 14.2 Å². The fourth-order valence-corrected chi connectivity index (χ4v) is 12.1. The van der Waals surface area contributed by atoms with E-state index in [2.05, 4.69) is 58.1 Å². The summed E-state index contributed by atoms with van der Waals surface area (Å²) in [5.41, 5.74) is 11.6. The Morgan fingerprint density at radius 3 is 2.48 bits per heavy atom. The van der Waals surface area contributed by atoms with Gasteiger partial charge in [0, 0.05) is 0 Å². The predicted molar refractivity (Wildman–Crippen MR) is 180 cm³/mol. The van der Waals surface area contributed by atoms with E-state index in [0.717, 1.165) is 67.9 Å². The number of ether oxygens (including phenoxy) is 2. The Morgan fingerprint density at radius 2 is 1.80 bits per heavy atom. The molecule has 2 aromatic rings. The summed E-state index contributed by atoms with van der Waals surface area (Å²) in [5.74, 6) is -2.56. The molecule has 7 rings (SSSR count). The molecule has 0 spiro atoms. The third-order valence-electron chi connectivity index (χ3n) is 10.3. The van der Waals surface area contributed by atoms with Crippen LogP contribution in [0.3, 0.4) is 0 Å². The summed E-state index contributed by atoms with van der Waals surface area (Å²) >= 11 is -1.83. The first-order chi connectivity index (χ1) is 22.1. The van der Waals surface area contributed by atoms with Crippen molar-refractivity contribution in [1.82, 2.24) is 5.58 Å². The van der Waals surface area contributed by atoms with Crippen LogP contribution in [-0.4, -0.2) is 70.6 Å². The van der Waals surface area contributed by atoms with Crippen LogP contribution in [-0.2, 0) is 19.1 Å². The molecule has 0 aromatic carbocycles. The molecule has 3 atom stereocenters. The second-order valence-electron chi connectivity index (χ2n) is 12.5. The average Bonchev–Trinajstić information content (AvgIpc) is 3.76. The van der Waals surface area contributed by atoms with Gasteiger partial charge in [-0.25, -0.2) is 0 Å². The Labute approximate surface area is 278 Å². The van der Waals surface area contributed by atoms with Crippen molar-refractivity contribution in [1.29, 1.82) is 0 Å². The molecule has 0 N–H and O–H groups in total. The standard InChI is InChI=1S/C36H37N4O5.Sn/c1-9-20-16(3)23-13-25-18(5)22(11-12-29(41)44-7)33(39-25)31-32(36(43)45-8)35(42)30-19(6)26(40-34(30)31)15-28-21(10-2)17(4)24(38-28)14-27(20)37-23;/h9,13-15,18,22,32H,1,10-12H2,2-8H3,(H-,37,38,39,40,42);/q-1;+2/p-1. The topological polar surface area (TPSA) is 104 Å². The van der Waals surface area contributed by atoms with Gasteiger partial charge < -0.3 is 0 Å². The van der Waals surface area contributed by atoms with E-state index >= 15 is 0 Å². The Bertz CT molecular complexity index is 2120. The van der Waals surface area contributed by atoms with Gasteiger partial charge in [0.25, 0.3) is 0 Å². The van der Waals surface area contributed by atoms with Crippen molar-refractivity contribution in [3.63, 3.8) is 0 Å². The van der Waals surface area contributed by atoms with Gasteiger partial charge in [0.15, 0.2) is 0 Å². The zero-order chi connectivity index (χ0) is 32.8. The van der Waals surface area contributed by atoms with E-state index in [1.54, 1.807) is 0 Å². The molecule has 5 aliphatic rings. The van der Waals surface area contributed by atoms with Crippen LogP contribution >= 0.6 is 0 Å². The monoisotopic (exact) mass is 724 g/mol. The summed E-state index contributed by atoms with van der Waals surface area (Å²) in [6.45, 7) is 14.7. The van der Waals surface area contributed by atoms with Crippen molar-refractivity contribution >= 4 is 80.7 Å². The number of allylic oxidation sites excluding steroid dienone is 3. The van der Waals surface area contributed by atoms with Crippen LogP contribution in [0.15, 0.2) is 39.1 Å². The fourth-order valence-electron chi connectivity index (χ4n) is 7.78. The molecule has 234 valence electrons. The van der Waals surface area contributed by atoms with Crippen molar-refractivity contribution < 1.29 is 23.9 Å². The molecule has 46 heavy (non-hydrogen) atoms. The molecule has 2 aromatic heterocycles. The number of hydrogen-bond donors (Lipinski definition) is 0. The van der Waals surface area contributed by atoms with Crippen molar-refractivity contribution in [2.45, 2.75) is 53.9 Å². The second-order valence-corrected chi connectivity index (χ2v) is 15.6. The van der Waals surface area contributed by atoms with Crippen LogP contribution in [0.4, 0.5) is 0 Å². The first-order valence-electron chi connectivity index (χ1n) is 15.7. The number of carbonyl (C=O) groups excluding carboxylic acids is 3. The van der Waals surface area contributed by atoms with E-state index in [1.807, 2.05) is 13.0 Å². The molecule has 4 aliphatic heterocycles. The van der Waals surface area contributed by atoms with Gasteiger partial charge in [0.2, 0.25) is 0 Å². The fraction of sp³-hybridized carbons (Fsp3) is 0.361. The van der Waals surface area contributed by atoms with Crippen molar-refractivity contribution in [3.05, 3.63) is 73.5 Å². The third-order valence-corrected chi connectivity index (χ3v) is 14.1. The van der Waals surface area contributed by atoms with Crippen LogP contribution in [0.25, 0.3) is 29.9 Å². The van der Waals surface area contributed by atoms with Crippen LogP contribution in [0, 0.1) is 31.6 Å². The molecule has 0 saturated heterocycles. The molecule has 3 unspecified atom stereocenters. The zero-order valence-corrected chi connectivity index (χ0v) is 30.1. The van der Waals surface area contributed by atoms with E-state index in [9.17, 15) is 14.4 Å². The van der Waals surface area contributed by atoms with E-state index < -0.39 is 33.6 Å². The van der Waals surface area contributed by atoms with Gasteiger partial charge in [-0.3, -0.25) is 0 Å². The maximum absolute atomic E-state index is 14.4. The number of ketones is 1. The number of aromatic nitrogens is 2. The van der Waals surface area contributed by atoms with Crippen molar-refractivity contribution in [3.8, 4) is 0 Å². The third kappa shape index (κ3) is 4.16. The van der Waals surface area contributed by atoms with Crippen LogP contribution in [0.5, 0.6) is 0 Å². The molecule has 10 heteroatoms. The first-order valence-corrected chi connectivity index (χ1v) is 18.2. The number of nitrogens with zero attached hydrogens (tertiary/aromatic N) is 4. The molecular weight excluding hydrogens is 687 g/mol. The summed E-state index contributed by atoms with van der Waals surface area (Å²) in [4.78, 5) is 50.7. The normalized spacial score (nSPS) is 22.2. The Morgan fingerprint density at radius 1 is 1.04 bits per heavy atom. The maximum atomic E-state index is 14.4. The predicted octanol–water partition coefficient (Wildman–Crippen LogP) is 3.95. The summed E-state index contributed by atoms with van der Waals surface area (Å²) < 4.78 is 15.0. The molecule has 1 aliphatic carbocycles. The number of aliphatic imine (C=N–C) groups is 2. The number of hydrogen-bond acceptors (Lipinski definition) is 7. The van der Waals surface area contributed by atoms with Gasteiger partial charge in [0.05, 0.1) is 0 Å². The number of carbonyl (C=O) groups is 3. The van der Waals surface area contributed by atoms with Gasteiger partial charge >= 0.3 is 279 Å². The number of rotatable bonds is 6. The number of methoxy groups -OCH3 is 2. The minimum atomic E-state index is -1.83. The summed E-state index contributed by atoms with van der Waals surface area (Å²) in [6, 6.07) is 0. The quantitative estimate of drug-likeness (QED) is 0.255. The summed E-state index contributed by atoms with van der Waals surface area (Å²) in [5, 5.41) is 2.11. The van der Waals surface area contributed by atoms with Crippen LogP contribution in [0.2, 0.25) is 0 Å². The molecule has 2 radical (unpaired) electrons. The van der Waals surface area contributed by atoms with E-state index in [1.165, 1.54) is 19.8 Å². The SMILES string of the molecule is C=Cc1c(C)c2[n]3c1=CC1=NC(=Cc4c(C)c5c([n]4[Sn]3)C(=C3N=C(C=2)C(C)C3CCC(=O)OC)C(C(=O)OC)C5=O)C(CC)=C1C. The molecular formula is C36H36N4O5Sn. The van der Waals surface area contributed by atoms with Gasteiger partial charge in [-0.2, -0.15) is 0 Å². The Hall–Kier alpha value is -3.99. The minimum absolute atomic E-state index is 0.0741. The molecule has 0 fully saturated rings. The Balaban J connectivity index is 1.67. The van der Waals surface area contributed by atoms with Gasteiger partial charge in [0.1, 0.15) is 0 Å². The van der Waals surface area contributed by atoms with Crippen LogP contribution < -0.4 is 10.7 Å². The number of Topliss-reactive ketones (excluding diaryl/α,β-unsaturated/α-hetero) is 1. The Kier molecular flexibility index (Phi) is 7.38. The zero-order valence-electron chi connectivity index (χ0n) is 27.2. The molecule has 6 bridgehead atoms. The van der Waals surface area contributed by atoms with E-state index in [-0.39, 0.29) is 30.0 Å². The summed E-state index contributed by atoms with van der Waals surface area (Å²) in [6.07, 6.45) is 9.89. The number of fused-ring (bicyclic) bond motifs is 2. The van der Waals surface area contributed by atoms with Crippen molar-refractivity contribution in [2.24, 2.45) is 27.7 Å². The average molecular weight is 723 g/mol. The second kappa shape index (κ2) is 11.1. The molecule has 0 saturated carbocycles. The summed E-state index contributed by atoms with van der Waals surface area (Å²) in [7, 11) is 2.71. The van der Waals surface area contributed by atoms with Gasteiger partial charge in [-0.1, -0.05) is 0 Å². The number of esters is 2. The van der Waals surface area contributed by atoms with E-state index in [0.29, 0.717) is 23.3 Å². The first kappa shape index (κ1) is 30.7.